The lowest BCUT2D eigenvalue weighted by atomic mass is 9.96. The largest absolute Gasteiger partial charge is 0.368 e. The lowest BCUT2D eigenvalue weighted by Gasteiger charge is -2.37. The first-order chi connectivity index (χ1) is 20.8. The molecule has 5 rings (SSSR count). The zero-order valence-electron chi connectivity index (χ0n) is 24.1. The molecule has 2 fully saturated rings. The van der Waals surface area contributed by atoms with E-state index in [-0.39, 0.29) is 24.0 Å². The molecule has 1 aliphatic heterocycles. The van der Waals surface area contributed by atoms with Crippen LogP contribution in [-0.2, 0) is 21.4 Å². The van der Waals surface area contributed by atoms with Gasteiger partial charge in [0.1, 0.15) is 0 Å². The van der Waals surface area contributed by atoms with Gasteiger partial charge < -0.3 is 20.4 Å². The van der Waals surface area contributed by atoms with Crippen LogP contribution in [0.15, 0.2) is 83.8 Å². The maximum Gasteiger partial charge on any atom is 0.317 e. The van der Waals surface area contributed by atoms with Crippen molar-refractivity contribution in [2.24, 2.45) is 0 Å². The van der Waals surface area contributed by atoms with E-state index in [1.807, 2.05) is 59.5 Å². The quantitative estimate of drug-likeness (QED) is 0.335. The molecule has 0 radical (unpaired) electrons. The van der Waals surface area contributed by atoms with Crippen LogP contribution in [0.1, 0.15) is 37.7 Å². The van der Waals surface area contributed by atoms with Gasteiger partial charge in [-0.05, 0) is 66.9 Å². The number of halogens is 1. The van der Waals surface area contributed by atoms with Gasteiger partial charge in [-0.2, -0.15) is 4.31 Å². The molecule has 2 N–H and O–H groups in total. The fourth-order valence-corrected chi connectivity index (χ4v) is 7.08. The molecule has 3 aromatic rings. The minimum Gasteiger partial charge on any atom is -0.368 e. The van der Waals surface area contributed by atoms with Crippen molar-refractivity contribution in [1.29, 1.82) is 0 Å². The van der Waals surface area contributed by atoms with Crippen LogP contribution in [-0.4, -0.2) is 68.3 Å². The summed E-state index contributed by atoms with van der Waals surface area (Å²) in [6.45, 7) is 2.43. The third-order valence-corrected chi connectivity index (χ3v) is 10.0. The molecule has 43 heavy (non-hydrogen) atoms. The molecule has 9 nitrogen and oxygen atoms in total. The molecule has 1 heterocycles. The van der Waals surface area contributed by atoms with Crippen LogP contribution in [0.3, 0.4) is 0 Å². The van der Waals surface area contributed by atoms with Crippen LogP contribution in [0.2, 0.25) is 5.02 Å². The summed E-state index contributed by atoms with van der Waals surface area (Å²) < 4.78 is 28.1. The Morgan fingerprint density at radius 1 is 0.837 bits per heavy atom. The van der Waals surface area contributed by atoms with Gasteiger partial charge >= 0.3 is 6.03 Å². The molecule has 1 saturated heterocycles. The molecular formula is C32H38ClN5O4S. The van der Waals surface area contributed by atoms with Crippen LogP contribution in [0, 0.1) is 0 Å². The standard InChI is InChI=1S/C32H38ClN5O4S/c33-26-11-17-30(18-12-26)43(41,42)38(23-25-7-3-1-4-8-25)24-31(39)34-28-13-15-29(16-14-28)36-19-21-37(22-20-36)32(40)35-27-9-5-2-6-10-27/h1,3-4,7-8,11-18,27H,2,5-6,9-10,19-24H2,(H,34,39)(H,35,40). The first kappa shape index (κ1) is 30.8. The van der Waals surface area contributed by atoms with Crippen LogP contribution < -0.4 is 15.5 Å². The summed E-state index contributed by atoms with van der Waals surface area (Å²) in [6, 6.07) is 22.9. The van der Waals surface area contributed by atoms with E-state index in [1.165, 1.54) is 47.8 Å². The molecule has 0 atom stereocenters. The molecule has 1 saturated carbocycles. The molecule has 0 unspecified atom stereocenters. The second-order valence-electron chi connectivity index (χ2n) is 11.1. The number of nitrogens with one attached hydrogen (secondary N) is 2. The lowest BCUT2D eigenvalue weighted by molar-refractivity contribution is -0.116. The van der Waals surface area contributed by atoms with Gasteiger partial charge in [-0.15, -0.1) is 0 Å². The number of urea groups is 1. The van der Waals surface area contributed by atoms with Gasteiger partial charge in [0.15, 0.2) is 0 Å². The third-order valence-electron chi connectivity index (χ3n) is 7.99. The summed E-state index contributed by atoms with van der Waals surface area (Å²) in [5, 5.41) is 6.46. The first-order valence-corrected chi connectivity index (χ1v) is 16.6. The van der Waals surface area contributed by atoms with Gasteiger partial charge in [0.05, 0.1) is 11.4 Å². The lowest BCUT2D eigenvalue weighted by Crippen LogP contribution is -2.53. The summed E-state index contributed by atoms with van der Waals surface area (Å²) in [5.74, 6) is -0.446. The number of hydrogen-bond acceptors (Lipinski definition) is 5. The van der Waals surface area contributed by atoms with Gasteiger partial charge in [0.25, 0.3) is 0 Å². The fourth-order valence-electron chi connectivity index (χ4n) is 5.57. The summed E-state index contributed by atoms with van der Waals surface area (Å²) in [4.78, 5) is 30.0. The highest BCUT2D eigenvalue weighted by Crippen LogP contribution is 2.23. The number of piperazine rings is 1. The summed E-state index contributed by atoms with van der Waals surface area (Å²) in [7, 11) is -3.97. The van der Waals surface area contributed by atoms with Crippen molar-refractivity contribution >= 4 is 44.9 Å². The Labute approximate surface area is 258 Å². The van der Waals surface area contributed by atoms with Crippen LogP contribution in [0.25, 0.3) is 0 Å². The molecule has 0 bridgehead atoms. The van der Waals surface area contributed by atoms with Gasteiger partial charge in [0.2, 0.25) is 15.9 Å². The topological polar surface area (TPSA) is 102 Å². The Morgan fingerprint density at radius 2 is 1.49 bits per heavy atom. The molecule has 3 aromatic carbocycles. The number of hydrogen-bond donors (Lipinski definition) is 2. The van der Waals surface area contributed by atoms with E-state index in [1.54, 1.807) is 0 Å². The zero-order chi connectivity index (χ0) is 30.2. The molecule has 228 valence electrons. The Balaban J connectivity index is 1.17. The second-order valence-corrected chi connectivity index (χ2v) is 13.4. The highest BCUT2D eigenvalue weighted by atomic mass is 35.5. The average molecular weight is 624 g/mol. The van der Waals surface area contributed by atoms with E-state index in [0.717, 1.165) is 37.2 Å². The molecule has 3 amide bonds. The average Bonchev–Trinajstić information content (AvgIpc) is 3.02. The van der Waals surface area contributed by atoms with E-state index >= 15 is 0 Å². The van der Waals surface area contributed by atoms with E-state index in [0.29, 0.717) is 29.8 Å². The Bertz CT molecular complexity index is 1470. The highest BCUT2D eigenvalue weighted by molar-refractivity contribution is 7.89. The molecular weight excluding hydrogens is 586 g/mol. The van der Waals surface area contributed by atoms with Crippen molar-refractivity contribution < 1.29 is 18.0 Å². The molecule has 0 spiro atoms. The number of carbonyl (C=O) groups excluding carboxylic acids is 2. The molecule has 11 heteroatoms. The van der Waals surface area contributed by atoms with E-state index in [9.17, 15) is 18.0 Å². The van der Waals surface area contributed by atoms with Crippen molar-refractivity contribution in [2.75, 3.05) is 42.9 Å². The maximum atomic E-state index is 13.5. The summed E-state index contributed by atoms with van der Waals surface area (Å²) in [5.41, 5.74) is 2.34. The number of sulfonamides is 1. The minimum atomic E-state index is -3.97. The van der Waals surface area contributed by atoms with Crippen LogP contribution >= 0.6 is 11.6 Å². The smallest absolute Gasteiger partial charge is 0.317 e. The van der Waals surface area contributed by atoms with E-state index < -0.39 is 15.9 Å². The van der Waals surface area contributed by atoms with Gasteiger partial charge in [0, 0.05) is 55.2 Å². The zero-order valence-corrected chi connectivity index (χ0v) is 25.7. The third kappa shape index (κ3) is 8.28. The Hall–Kier alpha value is -3.60. The van der Waals surface area contributed by atoms with Crippen molar-refractivity contribution in [2.45, 2.75) is 49.6 Å². The summed E-state index contributed by atoms with van der Waals surface area (Å²) >= 11 is 5.96. The maximum absolute atomic E-state index is 13.5. The highest BCUT2D eigenvalue weighted by Gasteiger charge is 2.27. The Kier molecular flexibility index (Phi) is 10.2. The van der Waals surface area contributed by atoms with Gasteiger partial charge in [-0.25, -0.2) is 13.2 Å². The monoisotopic (exact) mass is 623 g/mol. The second kappa shape index (κ2) is 14.2. The minimum absolute atomic E-state index is 0.0315. The number of rotatable bonds is 9. The SMILES string of the molecule is O=C(CN(Cc1ccccc1)S(=O)(=O)c1ccc(Cl)cc1)Nc1ccc(N2CCN(C(=O)NC3CCCCC3)CC2)cc1. The predicted octanol–water partition coefficient (Wildman–Crippen LogP) is 5.33. The fraction of sp³-hybridized carbons (Fsp3) is 0.375. The number of anilines is 2. The van der Waals surface area contributed by atoms with Crippen molar-refractivity contribution in [3.63, 3.8) is 0 Å². The predicted molar refractivity (Wildman–Crippen MR) is 170 cm³/mol. The number of amides is 3. The van der Waals surface area contributed by atoms with Crippen molar-refractivity contribution in [1.82, 2.24) is 14.5 Å². The number of carbonyl (C=O) groups is 2. The van der Waals surface area contributed by atoms with E-state index in [2.05, 4.69) is 15.5 Å². The molecule has 1 aliphatic carbocycles. The number of nitrogens with zero attached hydrogens (tertiary/aromatic N) is 3. The first-order valence-electron chi connectivity index (χ1n) is 14.8. The van der Waals surface area contributed by atoms with Crippen molar-refractivity contribution in [3.8, 4) is 0 Å². The van der Waals surface area contributed by atoms with Gasteiger partial charge in [-0.3, -0.25) is 4.79 Å². The Morgan fingerprint density at radius 3 is 2.14 bits per heavy atom. The normalized spacial score (nSPS) is 16.2. The molecule has 0 aromatic heterocycles. The van der Waals surface area contributed by atoms with Crippen molar-refractivity contribution in [3.05, 3.63) is 89.4 Å². The number of benzene rings is 3. The van der Waals surface area contributed by atoms with Crippen LogP contribution in [0.5, 0.6) is 0 Å². The summed E-state index contributed by atoms with van der Waals surface area (Å²) in [6.07, 6.45) is 5.76. The molecule has 2 aliphatic rings. The van der Waals surface area contributed by atoms with E-state index in [4.69, 9.17) is 11.6 Å². The van der Waals surface area contributed by atoms with Gasteiger partial charge in [-0.1, -0.05) is 61.2 Å². The van der Waals surface area contributed by atoms with Crippen LogP contribution in [0.4, 0.5) is 16.2 Å².